The minimum Gasteiger partial charge on any atom is -0.484 e. The largest absolute Gasteiger partial charge is 0.484 e. The van der Waals surface area contributed by atoms with Crippen molar-refractivity contribution in [1.82, 2.24) is 4.72 Å². The Bertz CT molecular complexity index is 2080. The third-order valence-electron chi connectivity index (χ3n) is 9.19. The van der Waals surface area contributed by atoms with Crippen LogP contribution in [0, 0.1) is 27.7 Å². The molecule has 0 unspecified atom stereocenters. The van der Waals surface area contributed by atoms with Crippen molar-refractivity contribution >= 4 is 21.9 Å². The van der Waals surface area contributed by atoms with Crippen LogP contribution in [0.1, 0.15) is 103 Å². The van der Waals surface area contributed by atoms with Gasteiger partial charge in [-0.2, -0.15) is 0 Å². The van der Waals surface area contributed by atoms with Gasteiger partial charge in [0, 0.05) is 14.2 Å². The van der Waals surface area contributed by atoms with Crippen LogP contribution in [0.3, 0.4) is 0 Å². The molecular weight excluding hydrogens is 775 g/mol. The molecule has 4 aromatic carbocycles. The Kier molecular flexibility index (Phi) is 19.9. The van der Waals surface area contributed by atoms with Crippen molar-refractivity contribution in [2.75, 3.05) is 47.3 Å². The molecule has 0 radical (unpaired) electrons. The van der Waals surface area contributed by atoms with E-state index in [0.29, 0.717) is 23.3 Å². The summed E-state index contributed by atoms with van der Waals surface area (Å²) in [5, 5.41) is 8.77. The van der Waals surface area contributed by atoms with Gasteiger partial charge in [-0.3, -0.25) is 9.52 Å². The number of carboxylic acid groups (broad SMARTS) is 1. The normalized spacial score (nSPS) is 11.0. The van der Waals surface area contributed by atoms with E-state index in [0.717, 1.165) is 64.0 Å². The van der Waals surface area contributed by atoms with E-state index in [2.05, 4.69) is 52.0 Å². The molecular formula is C46H63NO11S. The van der Waals surface area contributed by atoms with Crippen molar-refractivity contribution in [1.29, 1.82) is 0 Å². The van der Waals surface area contributed by atoms with Crippen molar-refractivity contribution in [2.24, 2.45) is 0 Å². The summed E-state index contributed by atoms with van der Waals surface area (Å²) < 4.78 is 56.3. The SMILES string of the molecule is C.COCOc1ccc(Cc2c(C)cc(OCC(=O)NS(C)(=O)=O)cc2C)cc1C(C)C.COCOc1ccc(Cc2c(C)cc(OCC(=O)O)cc2C)cc1C(C)C. The maximum absolute atomic E-state index is 11.7. The molecule has 0 aromatic heterocycles. The Labute approximate surface area is 351 Å². The van der Waals surface area contributed by atoms with Crippen LogP contribution >= 0.6 is 0 Å². The quantitative estimate of drug-likeness (QED) is 0.0873. The van der Waals surface area contributed by atoms with Gasteiger partial charge in [-0.05, 0) is 144 Å². The van der Waals surface area contributed by atoms with Gasteiger partial charge < -0.3 is 33.5 Å². The zero-order valence-electron chi connectivity index (χ0n) is 35.6. The molecule has 0 heterocycles. The summed E-state index contributed by atoms with van der Waals surface area (Å²) in [6, 6.07) is 19.9. The zero-order chi connectivity index (χ0) is 43.2. The van der Waals surface area contributed by atoms with Crippen LogP contribution in [0.5, 0.6) is 23.0 Å². The van der Waals surface area contributed by atoms with Gasteiger partial charge in [0.2, 0.25) is 10.0 Å². The van der Waals surface area contributed by atoms with Gasteiger partial charge in [0.05, 0.1) is 6.26 Å². The Morgan fingerprint density at radius 1 is 0.627 bits per heavy atom. The molecule has 0 aliphatic rings. The number of carbonyl (C=O) groups excluding carboxylic acids is 1. The standard InChI is InChI=1S/C23H31NO6S.C22H28O5.CH4/c1-15(2)20-11-18(7-8-22(20)30-14-28-5)12-21-16(3)9-19(10-17(21)4)29-13-23(25)24-31(6,26)27;1-14(2)19-10-17(6-7-21(19)27-13-25-5)11-20-15(3)8-18(9-16(20)4)26-12-22(23)24;/h7-11,15H,12-14H2,1-6H3,(H,24,25);6-10,14H,11-13H2,1-5H3,(H,23,24);1H4. The predicted octanol–water partition coefficient (Wildman–Crippen LogP) is 8.55. The average molecular weight is 838 g/mol. The Hall–Kier alpha value is -5.11. The van der Waals surface area contributed by atoms with Crippen molar-refractivity contribution in [3.05, 3.63) is 116 Å². The molecule has 13 heteroatoms. The van der Waals surface area contributed by atoms with Crippen molar-refractivity contribution in [2.45, 2.75) is 87.5 Å². The minimum absolute atomic E-state index is 0. The highest BCUT2D eigenvalue weighted by Gasteiger charge is 2.15. The number of sulfonamides is 1. The number of aryl methyl sites for hydroxylation is 4. The molecule has 0 saturated heterocycles. The maximum atomic E-state index is 11.7. The average Bonchev–Trinajstić information content (AvgIpc) is 3.14. The highest BCUT2D eigenvalue weighted by atomic mass is 32.2. The lowest BCUT2D eigenvalue weighted by atomic mass is 9.93. The molecule has 0 fully saturated rings. The number of carbonyl (C=O) groups is 2. The van der Waals surface area contributed by atoms with Crippen LogP contribution in [0.15, 0.2) is 60.7 Å². The summed E-state index contributed by atoms with van der Waals surface area (Å²) in [4.78, 5) is 22.3. The van der Waals surface area contributed by atoms with Gasteiger partial charge in [0.15, 0.2) is 26.8 Å². The Morgan fingerprint density at radius 3 is 1.32 bits per heavy atom. The Balaban J connectivity index is 0.000000404. The molecule has 4 aromatic rings. The van der Waals surface area contributed by atoms with Crippen molar-refractivity contribution in [3.63, 3.8) is 0 Å². The number of aliphatic carboxylic acids is 1. The first-order chi connectivity index (χ1) is 27.3. The molecule has 1 amide bonds. The van der Waals surface area contributed by atoms with Crippen LogP contribution in [-0.4, -0.2) is 72.7 Å². The number of methoxy groups -OCH3 is 2. The van der Waals surface area contributed by atoms with Gasteiger partial charge in [-0.15, -0.1) is 0 Å². The fraction of sp³-hybridized carbons (Fsp3) is 0.435. The second-order valence-electron chi connectivity index (χ2n) is 14.8. The highest BCUT2D eigenvalue weighted by molar-refractivity contribution is 7.89. The number of nitrogens with one attached hydrogen (secondary N) is 1. The first-order valence-corrected chi connectivity index (χ1v) is 20.9. The summed E-state index contributed by atoms with van der Waals surface area (Å²) in [6.07, 6.45) is 2.47. The molecule has 2 N–H and O–H groups in total. The van der Waals surface area contributed by atoms with Gasteiger partial charge in [-0.1, -0.05) is 59.4 Å². The molecule has 12 nitrogen and oxygen atoms in total. The van der Waals surface area contributed by atoms with Crippen LogP contribution in [0.4, 0.5) is 0 Å². The Morgan fingerprint density at radius 2 is 1.00 bits per heavy atom. The van der Waals surface area contributed by atoms with Crippen molar-refractivity contribution < 1.29 is 51.5 Å². The fourth-order valence-corrected chi connectivity index (χ4v) is 6.87. The summed E-state index contributed by atoms with van der Waals surface area (Å²) in [5.74, 6) is 1.74. The number of benzene rings is 4. The number of ether oxygens (including phenoxy) is 6. The first kappa shape index (κ1) is 50.0. The molecule has 0 atom stereocenters. The van der Waals surface area contributed by atoms with E-state index in [-0.39, 0.29) is 34.2 Å². The summed E-state index contributed by atoms with van der Waals surface area (Å²) in [5.41, 5.74) is 11.3. The van der Waals surface area contributed by atoms with Crippen molar-refractivity contribution in [3.8, 4) is 23.0 Å². The van der Waals surface area contributed by atoms with Gasteiger partial charge in [0.25, 0.3) is 5.91 Å². The molecule has 0 saturated carbocycles. The van der Waals surface area contributed by atoms with E-state index in [1.54, 1.807) is 14.2 Å². The lowest BCUT2D eigenvalue weighted by Gasteiger charge is -2.17. The highest BCUT2D eigenvalue weighted by Crippen LogP contribution is 2.32. The van der Waals surface area contributed by atoms with Gasteiger partial charge in [0.1, 0.15) is 23.0 Å². The van der Waals surface area contributed by atoms with Gasteiger partial charge >= 0.3 is 5.97 Å². The second-order valence-corrected chi connectivity index (χ2v) is 16.6. The van der Waals surface area contributed by atoms with Crippen LogP contribution in [0.25, 0.3) is 0 Å². The smallest absolute Gasteiger partial charge is 0.341 e. The number of hydrogen-bond donors (Lipinski definition) is 2. The third kappa shape index (κ3) is 16.2. The lowest BCUT2D eigenvalue weighted by Crippen LogP contribution is -2.33. The maximum Gasteiger partial charge on any atom is 0.341 e. The summed E-state index contributed by atoms with van der Waals surface area (Å²) >= 11 is 0. The van der Waals surface area contributed by atoms with Crippen LogP contribution in [0.2, 0.25) is 0 Å². The number of rotatable bonds is 19. The van der Waals surface area contributed by atoms with E-state index in [9.17, 15) is 18.0 Å². The zero-order valence-corrected chi connectivity index (χ0v) is 36.4. The molecule has 4 rings (SSSR count). The minimum atomic E-state index is -3.60. The van der Waals surface area contributed by atoms with Crippen LogP contribution in [-0.2, 0) is 41.9 Å². The topological polar surface area (TPSA) is 156 Å². The molecule has 0 aliphatic heterocycles. The summed E-state index contributed by atoms with van der Waals surface area (Å²) in [6.45, 7) is 16.3. The predicted molar refractivity (Wildman–Crippen MR) is 232 cm³/mol. The van der Waals surface area contributed by atoms with Gasteiger partial charge in [-0.25, -0.2) is 13.2 Å². The monoisotopic (exact) mass is 837 g/mol. The number of amides is 1. The third-order valence-corrected chi connectivity index (χ3v) is 9.79. The van der Waals surface area contributed by atoms with Crippen LogP contribution < -0.4 is 23.7 Å². The lowest BCUT2D eigenvalue weighted by molar-refractivity contribution is -0.139. The van der Waals surface area contributed by atoms with E-state index in [4.69, 9.17) is 33.5 Å². The summed E-state index contributed by atoms with van der Waals surface area (Å²) in [7, 11) is -0.391. The first-order valence-electron chi connectivity index (χ1n) is 19.0. The van der Waals surface area contributed by atoms with E-state index >= 15 is 0 Å². The molecule has 324 valence electrons. The van der Waals surface area contributed by atoms with E-state index in [1.807, 2.05) is 68.8 Å². The number of hydrogen-bond acceptors (Lipinski definition) is 10. The second kappa shape index (κ2) is 23.5. The van der Waals surface area contributed by atoms with E-state index < -0.39 is 21.9 Å². The van der Waals surface area contributed by atoms with E-state index in [1.165, 1.54) is 22.3 Å². The molecule has 59 heavy (non-hydrogen) atoms. The molecule has 0 spiro atoms. The molecule has 0 aliphatic carbocycles. The number of carboxylic acids is 1. The molecule has 0 bridgehead atoms. The fourth-order valence-electron chi connectivity index (χ4n) is 6.40.